The molecule has 0 amide bonds. The largest absolute Gasteiger partial charge is 0.497 e. The summed E-state index contributed by atoms with van der Waals surface area (Å²) in [5.41, 5.74) is 0.500. The minimum atomic E-state index is -0.330. The summed E-state index contributed by atoms with van der Waals surface area (Å²) in [5.74, 6) is 1.88. The van der Waals surface area contributed by atoms with Crippen LogP contribution in [0.3, 0.4) is 0 Å². The zero-order valence-corrected chi connectivity index (χ0v) is 18.2. The van der Waals surface area contributed by atoms with Crippen LogP contribution in [-0.2, 0) is 0 Å². The Bertz CT molecular complexity index is 1320. The third kappa shape index (κ3) is 4.98. The molecule has 4 aromatic rings. The van der Waals surface area contributed by atoms with Crippen LogP contribution < -0.4 is 24.4 Å². The molecule has 0 saturated carbocycles. The van der Waals surface area contributed by atoms with Crippen molar-refractivity contribution in [3.63, 3.8) is 0 Å². The number of ketones is 1. The maximum Gasteiger partial charge on any atom is 0.235 e. The summed E-state index contributed by atoms with van der Waals surface area (Å²) in [5, 5.41) is 0.329. The lowest BCUT2D eigenvalue weighted by Gasteiger charge is -2.11. The van der Waals surface area contributed by atoms with Crippen molar-refractivity contribution in [1.29, 1.82) is 0 Å². The molecule has 0 saturated heterocycles. The maximum atomic E-state index is 12.9. The first-order valence-corrected chi connectivity index (χ1v) is 10.3. The average molecular weight is 446 g/mol. The van der Waals surface area contributed by atoms with Crippen molar-refractivity contribution in [2.24, 2.45) is 0 Å². The third-order valence-electron chi connectivity index (χ3n) is 4.87. The van der Waals surface area contributed by atoms with Gasteiger partial charge in [0.25, 0.3) is 0 Å². The molecule has 0 aliphatic heterocycles. The summed E-state index contributed by atoms with van der Waals surface area (Å²) in [6, 6.07) is 18.6. The Morgan fingerprint density at radius 1 is 0.879 bits per heavy atom. The molecule has 0 fully saturated rings. The highest BCUT2D eigenvalue weighted by Gasteiger charge is 2.13. The molecule has 1 heterocycles. The molecule has 0 radical (unpaired) electrons. The van der Waals surface area contributed by atoms with Gasteiger partial charge < -0.3 is 23.4 Å². The molecule has 0 unspecified atom stereocenters. The fourth-order valence-corrected chi connectivity index (χ4v) is 3.19. The molecule has 3 aromatic carbocycles. The lowest BCUT2D eigenvalue weighted by atomic mass is 10.1. The molecule has 168 valence electrons. The number of ether oxygens (including phenoxy) is 4. The Hall–Kier alpha value is -4.26. The van der Waals surface area contributed by atoms with Gasteiger partial charge in [0.1, 0.15) is 23.3 Å². The lowest BCUT2D eigenvalue weighted by Crippen LogP contribution is -2.11. The van der Waals surface area contributed by atoms with E-state index in [1.807, 2.05) is 13.0 Å². The van der Waals surface area contributed by atoms with Gasteiger partial charge in [-0.2, -0.15) is 0 Å². The summed E-state index contributed by atoms with van der Waals surface area (Å²) < 4.78 is 27.6. The molecule has 0 atom stereocenters. The fraction of sp³-hybridized carbons (Fsp3) is 0.154. The van der Waals surface area contributed by atoms with E-state index >= 15 is 0 Å². The lowest BCUT2D eigenvalue weighted by molar-refractivity contribution is 0.0921. The number of carbonyl (C=O) groups is 1. The molecule has 4 rings (SSSR count). The highest BCUT2D eigenvalue weighted by Crippen LogP contribution is 2.31. The van der Waals surface area contributed by atoms with E-state index in [4.69, 9.17) is 23.4 Å². The zero-order chi connectivity index (χ0) is 23.2. The third-order valence-corrected chi connectivity index (χ3v) is 4.87. The Kier molecular flexibility index (Phi) is 6.59. The quantitative estimate of drug-likeness (QED) is 0.325. The van der Waals surface area contributed by atoms with Crippen LogP contribution in [0.5, 0.6) is 28.7 Å². The number of para-hydroxylation sites is 2. The van der Waals surface area contributed by atoms with E-state index in [9.17, 15) is 9.59 Å². The summed E-state index contributed by atoms with van der Waals surface area (Å²) in [6.07, 6.45) is 1.25. The van der Waals surface area contributed by atoms with Gasteiger partial charge in [-0.05, 0) is 55.5 Å². The van der Waals surface area contributed by atoms with Crippen LogP contribution >= 0.6 is 0 Å². The van der Waals surface area contributed by atoms with E-state index in [2.05, 4.69) is 0 Å². The van der Waals surface area contributed by atoms with Gasteiger partial charge in [0.05, 0.1) is 19.1 Å². The minimum Gasteiger partial charge on any atom is -0.497 e. The molecule has 0 aliphatic carbocycles. The monoisotopic (exact) mass is 446 g/mol. The molecular weight excluding hydrogens is 424 g/mol. The minimum absolute atomic E-state index is 0.0398. The van der Waals surface area contributed by atoms with E-state index in [-0.39, 0.29) is 23.6 Å². The number of hydrogen-bond donors (Lipinski definition) is 0. The highest BCUT2D eigenvalue weighted by molar-refractivity contribution is 5.97. The van der Waals surface area contributed by atoms with Gasteiger partial charge in [0.2, 0.25) is 11.2 Å². The SMILES string of the molecule is CCOc1ccccc1Oc1coc2cc(OCC(=O)c3ccc(OC)cc3)ccc2c1=O. The Morgan fingerprint density at radius 2 is 1.61 bits per heavy atom. The number of methoxy groups -OCH3 is 1. The fourth-order valence-electron chi connectivity index (χ4n) is 3.19. The van der Waals surface area contributed by atoms with Crippen molar-refractivity contribution in [3.05, 3.63) is 88.8 Å². The number of benzene rings is 3. The van der Waals surface area contributed by atoms with E-state index in [0.29, 0.717) is 46.1 Å². The average Bonchev–Trinajstić information content (AvgIpc) is 2.85. The van der Waals surface area contributed by atoms with Crippen LogP contribution in [0.2, 0.25) is 0 Å². The predicted octanol–water partition coefficient (Wildman–Crippen LogP) is 5.25. The van der Waals surface area contributed by atoms with Crippen LogP contribution in [0, 0.1) is 0 Å². The number of Topliss-reactive ketones (excluding diaryl/α,β-unsaturated/α-hetero) is 1. The second-order valence-corrected chi connectivity index (χ2v) is 7.01. The Balaban J connectivity index is 1.49. The van der Waals surface area contributed by atoms with E-state index < -0.39 is 0 Å². The maximum absolute atomic E-state index is 12.9. The van der Waals surface area contributed by atoms with Gasteiger partial charge in [0.15, 0.2) is 23.9 Å². The van der Waals surface area contributed by atoms with Crippen molar-refractivity contribution >= 4 is 16.8 Å². The summed E-state index contributed by atoms with van der Waals surface area (Å²) in [6.45, 7) is 2.18. The molecular formula is C26H22O7. The van der Waals surface area contributed by atoms with Crippen molar-refractivity contribution < 1.29 is 28.2 Å². The molecule has 33 heavy (non-hydrogen) atoms. The first kappa shape index (κ1) is 22.0. The van der Waals surface area contributed by atoms with Crippen LogP contribution in [0.25, 0.3) is 11.0 Å². The Labute approximate surface area is 190 Å². The molecule has 7 heteroatoms. The zero-order valence-electron chi connectivity index (χ0n) is 18.2. The summed E-state index contributed by atoms with van der Waals surface area (Å²) >= 11 is 0. The summed E-state index contributed by atoms with van der Waals surface area (Å²) in [4.78, 5) is 25.2. The standard InChI is InChI=1S/C26H22O7/c1-3-30-22-6-4-5-7-23(22)33-25-16-32-24-14-19(12-13-20(24)26(25)28)31-15-21(27)17-8-10-18(29-2)11-9-17/h4-14,16H,3,15H2,1-2H3. The van der Waals surface area contributed by atoms with Crippen molar-refractivity contribution in [2.75, 3.05) is 20.3 Å². The number of hydrogen-bond acceptors (Lipinski definition) is 7. The number of carbonyl (C=O) groups excluding carboxylic acids is 1. The smallest absolute Gasteiger partial charge is 0.235 e. The number of fused-ring (bicyclic) bond motifs is 1. The van der Waals surface area contributed by atoms with Crippen LogP contribution in [0.1, 0.15) is 17.3 Å². The van der Waals surface area contributed by atoms with Gasteiger partial charge in [0, 0.05) is 11.6 Å². The van der Waals surface area contributed by atoms with E-state index in [1.54, 1.807) is 67.8 Å². The number of rotatable bonds is 9. The normalized spacial score (nSPS) is 10.6. The molecule has 1 aromatic heterocycles. The molecule has 0 bridgehead atoms. The second kappa shape index (κ2) is 9.91. The van der Waals surface area contributed by atoms with Crippen LogP contribution in [-0.4, -0.2) is 26.1 Å². The second-order valence-electron chi connectivity index (χ2n) is 7.01. The van der Waals surface area contributed by atoms with Crippen molar-refractivity contribution in [3.8, 4) is 28.7 Å². The molecule has 0 spiro atoms. The molecule has 0 aliphatic rings. The van der Waals surface area contributed by atoms with Gasteiger partial charge in [-0.25, -0.2) is 0 Å². The highest BCUT2D eigenvalue weighted by atomic mass is 16.5. The van der Waals surface area contributed by atoms with Crippen LogP contribution in [0.4, 0.5) is 0 Å². The topological polar surface area (TPSA) is 84.2 Å². The molecule has 7 nitrogen and oxygen atoms in total. The van der Waals surface area contributed by atoms with Crippen molar-refractivity contribution in [1.82, 2.24) is 0 Å². The Morgan fingerprint density at radius 3 is 2.33 bits per heavy atom. The van der Waals surface area contributed by atoms with Gasteiger partial charge in [-0.3, -0.25) is 9.59 Å². The summed E-state index contributed by atoms with van der Waals surface area (Å²) in [7, 11) is 1.56. The molecule has 0 N–H and O–H groups in total. The first-order chi connectivity index (χ1) is 16.1. The van der Waals surface area contributed by atoms with E-state index in [1.165, 1.54) is 6.26 Å². The van der Waals surface area contributed by atoms with Crippen LogP contribution in [0.15, 0.2) is 82.2 Å². The van der Waals surface area contributed by atoms with Crippen molar-refractivity contribution in [2.45, 2.75) is 6.92 Å². The van der Waals surface area contributed by atoms with Gasteiger partial charge >= 0.3 is 0 Å². The van der Waals surface area contributed by atoms with Gasteiger partial charge in [-0.1, -0.05) is 12.1 Å². The predicted molar refractivity (Wildman–Crippen MR) is 123 cm³/mol. The van der Waals surface area contributed by atoms with Gasteiger partial charge in [-0.15, -0.1) is 0 Å². The van der Waals surface area contributed by atoms with E-state index in [0.717, 1.165) is 0 Å². The first-order valence-electron chi connectivity index (χ1n) is 10.3.